The van der Waals surface area contributed by atoms with E-state index in [2.05, 4.69) is 0 Å². The molecule has 3 unspecified atom stereocenters. The van der Waals surface area contributed by atoms with Crippen molar-refractivity contribution in [2.45, 2.75) is 38.2 Å². The minimum absolute atomic E-state index is 0.130. The Morgan fingerprint density at radius 2 is 1.30 bits per heavy atom. The summed E-state index contributed by atoms with van der Waals surface area (Å²) in [6.45, 7) is 3.12. The lowest BCUT2D eigenvalue weighted by atomic mass is 10.1. The van der Waals surface area contributed by atoms with Crippen molar-refractivity contribution in [3.63, 3.8) is 0 Å². The number of rotatable bonds is 5. The topological polar surface area (TPSA) is 78.1 Å². The number of hydrogen-bond donors (Lipinski definition) is 1. The van der Waals surface area contributed by atoms with E-state index in [4.69, 9.17) is 23.7 Å². The maximum atomic E-state index is 12.7. The van der Waals surface area contributed by atoms with Crippen molar-refractivity contribution in [1.29, 1.82) is 0 Å². The van der Waals surface area contributed by atoms with Crippen LogP contribution in [0, 0.1) is 19.8 Å². The number of halogens is 6. The van der Waals surface area contributed by atoms with Crippen LogP contribution in [0.4, 0.5) is 26.3 Å². The van der Waals surface area contributed by atoms with Crippen LogP contribution >= 0.6 is 0 Å². The zero-order valence-electron chi connectivity index (χ0n) is 24.1. The van der Waals surface area contributed by atoms with Crippen molar-refractivity contribution in [3.05, 3.63) is 113 Å². The molecule has 46 heavy (non-hydrogen) atoms. The molecule has 0 amide bonds. The number of furan rings is 1. The van der Waals surface area contributed by atoms with Crippen molar-refractivity contribution in [1.82, 2.24) is 0 Å². The molecule has 1 fully saturated rings. The Labute approximate surface area is 257 Å². The predicted molar refractivity (Wildman–Crippen MR) is 153 cm³/mol. The van der Waals surface area contributed by atoms with Gasteiger partial charge in [-0.2, -0.15) is 26.3 Å². The molecule has 238 valence electrons. The molecule has 0 spiro atoms. The van der Waals surface area contributed by atoms with E-state index in [1.165, 1.54) is 12.1 Å². The molecule has 4 aromatic carbocycles. The second-order valence-corrected chi connectivity index (χ2v) is 11.0. The summed E-state index contributed by atoms with van der Waals surface area (Å²) in [6, 6.07) is 18.8. The summed E-state index contributed by atoms with van der Waals surface area (Å²) in [5, 5.41) is 10.00. The number of benzene rings is 4. The van der Waals surface area contributed by atoms with Crippen LogP contribution < -0.4 is 14.2 Å². The third-order valence-electron chi connectivity index (χ3n) is 7.73. The van der Waals surface area contributed by atoms with Crippen LogP contribution in [0.5, 0.6) is 28.7 Å². The fourth-order valence-corrected chi connectivity index (χ4v) is 5.33. The third kappa shape index (κ3) is 6.19. The van der Waals surface area contributed by atoms with Gasteiger partial charge in [-0.1, -0.05) is 6.07 Å². The lowest BCUT2D eigenvalue weighted by Crippen LogP contribution is -2.08. The van der Waals surface area contributed by atoms with Gasteiger partial charge in [0.05, 0.1) is 17.4 Å². The molecule has 12 heteroatoms. The van der Waals surface area contributed by atoms with Crippen molar-refractivity contribution in [2.75, 3.05) is 0 Å². The Balaban J connectivity index is 0.000000164. The fraction of sp³-hybridized carbons (Fsp3) is 0.206. The van der Waals surface area contributed by atoms with Crippen LogP contribution in [0.2, 0.25) is 0 Å². The Morgan fingerprint density at radius 3 is 1.85 bits per heavy atom. The minimum Gasteiger partial charge on any atom is -0.488 e. The highest BCUT2D eigenvalue weighted by Gasteiger charge is 2.63. The summed E-state index contributed by atoms with van der Waals surface area (Å²) >= 11 is 0. The zero-order chi connectivity index (χ0) is 33.0. The number of ether oxygens (including phenoxy) is 3. The number of aryl methyl sites for hydroxylation is 2. The first-order valence-corrected chi connectivity index (χ1v) is 13.9. The Bertz CT molecular complexity index is 1940. The highest BCUT2D eigenvalue weighted by Crippen LogP contribution is 2.59. The van der Waals surface area contributed by atoms with Gasteiger partial charge in [-0.3, -0.25) is 4.79 Å². The van der Waals surface area contributed by atoms with E-state index in [9.17, 15) is 31.1 Å². The van der Waals surface area contributed by atoms with Gasteiger partial charge in [0, 0.05) is 29.0 Å². The van der Waals surface area contributed by atoms with Crippen molar-refractivity contribution in [3.8, 4) is 28.7 Å². The first-order valence-electron chi connectivity index (χ1n) is 13.9. The average molecular weight is 643 g/mol. The lowest BCUT2D eigenvalue weighted by molar-refractivity contribution is -0.139. The number of alkyl halides is 6. The Kier molecular flexibility index (Phi) is 7.61. The van der Waals surface area contributed by atoms with E-state index in [1.807, 2.05) is 12.1 Å². The summed E-state index contributed by atoms with van der Waals surface area (Å²) < 4.78 is 98.1. The third-order valence-corrected chi connectivity index (χ3v) is 7.73. The van der Waals surface area contributed by atoms with E-state index < -0.39 is 35.4 Å². The maximum Gasteiger partial charge on any atom is 0.416 e. The average Bonchev–Trinajstić information content (AvgIpc) is 3.30. The molecule has 6 nitrogen and oxygen atoms in total. The van der Waals surface area contributed by atoms with E-state index in [0.717, 1.165) is 35.2 Å². The fourth-order valence-electron chi connectivity index (χ4n) is 5.33. The van der Waals surface area contributed by atoms with Crippen LogP contribution in [0.3, 0.4) is 0 Å². The van der Waals surface area contributed by atoms with E-state index in [0.29, 0.717) is 45.5 Å². The molecule has 1 aliphatic carbocycles. The minimum atomic E-state index is -4.40. The largest absolute Gasteiger partial charge is 0.488 e. The molecular weight excluding hydrogens is 618 g/mol. The standard InChI is InChI=1S/C18H13F3O4.C16H11F3O2/c1-8-6-9(18(19,20)21)2-5-12(8)24-10-3-4-11-13(7-10)25-16-14(11)15(16)17(22)23;1-10-8-12(16(17,18)19)3-5-14(10)21-13-4-2-11-6-7-20-15(11)9-13/h2-7,14-16H,1H3,(H,22,23);2-9H,1H3. The van der Waals surface area contributed by atoms with Crippen LogP contribution in [-0.2, 0) is 17.1 Å². The molecule has 1 aromatic heterocycles. The summed E-state index contributed by atoms with van der Waals surface area (Å²) in [4.78, 5) is 11.0. The molecule has 1 aliphatic heterocycles. The monoisotopic (exact) mass is 642 g/mol. The molecule has 2 aliphatic rings. The molecule has 3 atom stereocenters. The normalized spacial score (nSPS) is 18.1. The number of aliphatic carboxylic acids is 1. The molecule has 0 bridgehead atoms. The number of carbonyl (C=O) groups is 1. The number of hydrogen-bond acceptors (Lipinski definition) is 5. The lowest BCUT2D eigenvalue weighted by Gasteiger charge is -2.13. The second kappa shape index (κ2) is 11.3. The summed E-state index contributed by atoms with van der Waals surface area (Å²) in [7, 11) is 0. The van der Waals surface area contributed by atoms with Crippen molar-refractivity contribution in [2.24, 2.45) is 5.92 Å². The second-order valence-electron chi connectivity index (χ2n) is 11.0. The van der Waals surface area contributed by atoms with Gasteiger partial charge < -0.3 is 23.7 Å². The SMILES string of the molecule is Cc1cc(C(F)(F)F)ccc1Oc1ccc2c(c1)OC1C(C(=O)O)C21.Cc1cc(C(F)(F)F)ccc1Oc1ccc2ccoc2c1. The predicted octanol–water partition coefficient (Wildman–Crippen LogP) is 9.92. The summed E-state index contributed by atoms with van der Waals surface area (Å²) in [5.41, 5.74) is 0.864. The van der Waals surface area contributed by atoms with Gasteiger partial charge in [0.25, 0.3) is 0 Å². The van der Waals surface area contributed by atoms with E-state index in [-0.39, 0.29) is 12.0 Å². The maximum absolute atomic E-state index is 12.7. The zero-order valence-corrected chi connectivity index (χ0v) is 24.1. The quantitative estimate of drug-likeness (QED) is 0.192. The van der Waals surface area contributed by atoms with Gasteiger partial charge in [0.1, 0.15) is 46.4 Å². The molecule has 1 saturated carbocycles. The molecular formula is C34H24F6O6. The molecule has 0 radical (unpaired) electrons. The Morgan fingerprint density at radius 1 is 0.739 bits per heavy atom. The van der Waals surface area contributed by atoms with Gasteiger partial charge in [-0.05, 0) is 85.6 Å². The highest BCUT2D eigenvalue weighted by atomic mass is 19.4. The number of carboxylic acids is 1. The molecule has 7 rings (SSSR count). The van der Waals surface area contributed by atoms with Crippen LogP contribution in [0.15, 0.2) is 89.5 Å². The van der Waals surface area contributed by atoms with Gasteiger partial charge in [-0.15, -0.1) is 0 Å². The van der Waals surface area contributed by atoms with Gasteiger partial charge in [0.2, 0.25) is 0 Å². The van der Waals surface area contributed by atoms with E-state index in [1.54, 1.807) is 50.4 Å². The van der Waals surface area contributed by atoms with Gasteiger partial charge in [0.15, 0.2) is 0 Å². The molecule has 5 aromatic rings. The first kappa shape index (κ1) is 30.9. The molecule has 0 saturated heterocycles. The van der Waals surface area contributed by atoms with Crippen molar-refractivity contribution < 1.29 is 54.9 Å². The van der Waals surface area contributed by atoms with Crippen LogP contribution in [-0.4, -0.2) is 17.2 Å². The van der Waals surface area contributed by atoms with Crippen LogP contribution in [0.25, 0.3) is 11.0 Å². The van der Waals surface area contributed by atoms with E-state index >= 15 is 0 Å². The van der Waals surface area contributed by atoms with Gasteiger partial charge in [-0.25, -0.2) is 0 Å². The smallest absolute Gasteiger partial charge is 0.416 e. The van der Waals surface area contributed by atoms with Crippen LogP contribution in [0.1, 0.15) is 33.7 Å². The summed E-state index contributed by atoms with van der Waals surface area (Å²) in [6.07, 6.45) is -7.52. The summed E-state index contributed by atoms with van der Waals surface area (Å²) in [5.74, 6) is 0.699. The number of fused-ring (bicyclic) bond motifs is 4. The molecule has 2 heterocycles. The Hall–Kier alpha value is -5.13. The van der Waals surface area contributed by atoms with Crippen molar-refractivity contribution >= 4 is 16.9 Å². The highest BCUT2D eigenvalue weighted by molar-refractivity contribution is 5.79. The number of carboxylic acid groups (broad SMARTS) is 1. The van der Waals surface area contributed by atoms with Gasteiger partial charge >= 0.3 is 18.3 Å². The first-order chi connectivity index (χ1) is 21.7. The molecule has 1 N–H and O–H groups in total.